The van der Waals surface area contributed by atoms with Gasteiger partial charge in [-0.1, -0.05) is 13.8 Å². The van der Waals surface area contributed by atoms with Gasteiger partial charge in [0.1, 0.15) is 5.82 Å². The Hall–Kier alpha value is -1.29. The zero-order chi connectivity index (χ0) is 11.5. The molecule has 1 aromatic rings. The number of aromatic nitrogens is 1. The lowest BCUT2D eigenvalue weighted by molar-refractivity contribution is 0.170. The summed E-state index contributed by atoms with van der Waals surface area (Å²) >= 11 is 0. The first-order valence-electron chi connectivity index (χ1n) is 5.02. The lowest BCUT2D eigenvalue weighted by Crippen LogP contribution is -2.27. The fourth-order valence-electron chi connectivity index (χ4n) is 1.06. The van der Waals surface area contributed by atoms with Gasteiger partial charge in [-0.3, -0.25) is 0 Å². The Morgan fingerprint density at radius 3 is 2.67 bits per heavy atom. The molecule has 0 aliphatic heterocycles. The lowest BCUT2D eigenvalue weighted by atomic mass is 9.95. The second-order valence-electron chi connectivity index (χ2n) is 4.55. The van der Waals surface area contributed by atoms with E-state index in [1.807, 2.05) is 32.9 Å². The molecule has 4 heteroatoms. The molecule has 0 unspecified atom stereocenters. The van der Waals surface area contributed by atoms with Crippen LogP contribution in [0.5, 0.6) is 0 Å². The van der Waals surface area contributed by atoms with E-state index in [4.69, 9.17) is 10.8 Å². The number of hydrogen-bond donors (Lipinski definition) is 3. The van der Waals surface area contributed by atoms with Gasteiger partial charge in [-0.2, -0.15) is 0 Å². The zero-order valence-corrected chi connectivity index (χ0v) is 9.54. The smallest absolute Gasteiger partial charge is 0.126 e. The summed E-state index contributed by atoms with van der Waals surface area (Å²) in [5.41, 5.74) is 7.04. The highest BCUT2D eigenvalue weighted by molar-refractivity contribution is 5.49. The van der Waals surface area contributed by atoms with E-state index in [1.165, 1.54) is 0 Å². The minimum absolute atomic E-state index is 0.142. The van der Waals surface area contributed by atoms with Gasteiger partial charge in [0.05, 0.1) is 11.4 Å². The molecule has 1 aromatic heterocycles. The molecule has 0 fully saturated rings. The Morgan fingerprint density at radius 1 is 1.47 bits per heavy atom. The van der Waals surface area contributed by atoms with Crippen LogP contribution in [-0.2, 0) is 0 Å². The first-order chi connectivity index (χ1) is 6.94. The van der Waals surface area contributed by atoms with Crippen LogP contribution in [0.3, 0.4) is 0 Å². The van der Waals surface area contributed by atoms with Crippen LogP contribution >= 0.6 is 0 Å². The number of nitrogens with zero attached hydrogens (tertiary/aromatic N) is 1. The SMILES string of the molecule is Cc1nc(NCC(C)(C)CO)ccc1N. The van der Waals surface area contributed by atoms with E-state index in [9.17, 15) is 0 Å². The number of aryl methyl sites for hydroxylation is 1. The summed E-state index contributed by atoms with van der Waals surface area (Å²) in [6, 6.07) is 3.67. The molecule has 0 amide bonds. The van der Waals surface area contributed by atoms with Crippen molar-refractivity contribution in [1.29, 1.82) is 0 Å². The third kappa shape index (κ3) is 3.40. The van der Waals surface area contributed by atoms with Gasteiger partial charge in [0.25, 0.3) is 0 Å². The average molecular weight is 209 g/mol. The van der Waals surface area contributed by atoms with Crippen LogP contribution in [0.2, 0.25) is 0 Å². The van der Waals surface area contributed by atoms with E-state index >= 15 is 0 Å². The molecule has 0 spiro atoms. The normalized spacial score (nSPS) is 11.5. The van der Waals surface area contributed by atoms with Crippen molar-refractivity contribution in [2.45, 2.75) is 20.8 Å². The third-order valence-corrected chi connectivity index (χ3v) is 2.30. The third-order valence-electron chi connectivity index (χ3n) is 2.30. The molecule has 4 nitrogen and oxygen atoms in total. The number of anilines is 2. The summed E-state index contributed by atoms with van der Waals surface area (Å²) in [6.07, 6.45) is 0. The number of aliphatic hydroxyl groups excluding tert-OH is 1. The van der Waals surface area contributed by atoms with E-state index in [1.54, 1.807) is 0 Å². The van der Waals surface area contributed by atoms with Crippen LogP contribution in [0, 0.1) is 12.3 Å². The maximum Gasteiger partial charge on any atom is 0.126 e. The monoisotopic (exact) mass is 209 g/mol. The number of rotatable bonds is 4. The number of aliphatic hydroxyl groups is 1. The summed E-state index contributed by atoms with van der Waals surface area (Å²) < 4.78 is 0. The quantitative estimate of drug-likeness (QED) is 0.701. The Balaban J connectivity index is 2.62. The zero-order valence-electron chi connectivity index (χ0n) is 9.54. The molecule has 15 heavy (non-hydrogen) atoms. The molecule has 1 rings (SSSR count). The number of nitrogens with two attached hydrogens (primary N) is 1. The molecule has 0 bridgehead atoms. The van der Waals surface area contributed by atoms with Crippen LogP contribution < -0.4 is 11.1 Å². The van der Waals surface area contributed by atoms with Crippen molar-refractivity contribution in [3.63, 3.8) is 0 Å². The molecule has 1 heterocycles. The molecule has 0 aromatic carbocycles. The van der Waals surface area contributed by atoms with Crippen LogP contribution in [-0.4, -0.2) is 23.2 Å². The van der Waals surface area contributed by atoms with Crippen molar-refractivity contribution in [2.24, 2.45) is 5.41 Å². The number of nitrogen functional groups attached to an aromatic ring is 1. The van der Waals surface area contributed by atoms with Gasteiger partial charge < -0.3 is 16.2 Å². The van der Waals surface area contributed by atoms with E-state index < -0.39 is 0 Å². The van der Waals surface area contributed by atoms with Gasteiger partial charge in [0.2, 0.25) is 0 Å². The molecular formula is C11H19N3O. The topological polar surface area (TPSA) is 71.2 Å². The fourth-order valence-corrected chi connectivity index (χ4v) is 1.06. The van der Waals surface area contributed by atoms with Gasteiger partial charge in [-0.25, -0.2) is 4.98 Å². The van der Waals surface area contributed by atoms with Gasteiger partial charge in [0.15, 0.2) is 0 Å². The largest absolute Gasteiger partial charge is 0.397 e. The maximum absolute atomic E-state index is 9.09. The Kier molecular flexibility index (Phi) is 3.52. The van der Waals surface area contributed by atoms with Crippen LogP contribution in [0.4, 0.5) is 11.5 Å². The van der Waals surface area contributed by atoms with E-state index in [0.717, 1.165) is 11.5 Å². The van der Waals surface area contributed by atoms with E-state index in [-0.39, 0.29) is 12.0 Å². The molecule has 0 radical (unpaired) electrons. The summed E-state index contributed by atoms with van der Waals surface area (Å²) in [4.78, 5) is 4.29. The molecule has 0 aliphatic rings. The molecule has 4 N–H and O–H groups in total. The molecule has 0 atom stereocenters. The van der Waals surface area contributed by atoms with Crippen LogP contribution in [0.25, 0.3) is 0 Å². The van der Waals surface area contributed by atoms with Gasteiger partial charge in [0, 0.05) is 18.6 Å². The first kappa shape index (κ1) is 11.8. The van der Waals surface area contributed by atoms with Crippen molar-refractivity contribution in [2.75, 3.05) is 24.2 Å². The Bertz CT molecular complexity index is 337. The summed E-state index contributed by atoms with van der Waals surface area (Å²) in [7, 11) is 0. The van der Waals surface area contributed by atoms with Gasteiger partial charge in [-0.15, -0.1) is 0 Å². The summed E-state index contributed by atoms with van der Waals surface area (Å²) in [6.45, 7) is 6.68. The fraction of sp³-hybridized carbons (Fsp3) is 0.545. The molecule has 0 aliphatic carbocycles. The van der Waals surface area contributed by atoms with Gasteiger partial charge >= 0.3 is 0 Å². The maximum atomic E-state index is 9.09. The Morgan fingerprint density at radius 2 is 2.13 bits per heavy atom. The standard InChI is InChI=1S/C11H19N3O/c1-8-9(12)4-5-10(14-8)13-6-11(2,3)7-15/h4-5,15H,6-7,12H2,1-3H3,(H,13,14). The van der Waals surface area contributed by atoms with Crippen molar-refractivity contribution >= 4 is 11.5 Å². The van der Waals surface area contributed by atoms with Crippen molar-refractivity contribution in [3.8, 4) is 0 Å². The minimum atomic E-state index is -0.142. The second-order valence-corrected chi connectivity index (χ2v) is 4.55. The number of pyridine rings is 1. The highest BCUT2D eigenvalue weighted by Crippen LogP contribution is 2.16. The van der Waals surface area contributed by atoms with Crippen LogP contribution in [0.1, 0.15) is 19.5 Å². The highest BCUT2D eigenvalue weighted by atomic mass is 16.3. The molecule has 0 saturated heterocycles. The molecule has 0 saturated carbocycles. The number of hydrogen-bond acceptors (Lipinski definition) is 4. The number of nitrogens with one attached hydrogen (secondary N) is 1. The second kappa shape index (κ2) is 4.49. The first-order valence-corrected chi connectivity index (χ1v) is 5.02. The average Bonchev–Trinajstić information content (AvgIpc) is 2.20. The lowest BCUT2D eigenvalue weighted by Gasteiger charge is -2.22. The van der Waals surface area contributed by atoms with Crippen molar-refractivity contribution in [3.05, 3.63) is 17.8 Å². The van der Waals surface area contributed by atoms with Crippen LogP contribution in [0.15, 0.2) is 12.1 Å². The predicted octanol–water partition coefficient (Wildman–Crippen LogP) is 1.40. The van der Waals surface area contributed by atoms with Crippen molar-refractivity contribution in [1.82, 2.24) is 4.98 Å². The summed E-state index contributed by atoms with van der Waals surface area (Å²) in [5, 5.41) is 12.3. The predicted molar refractivity (Wildman–Crippen MR) is 62.7 cm³/mol. The molecular weight excluding hydrogens is 190 g/mol. The van der Waals surface area contributed by atoms with Crippen molar-refractivity contribution < 1.29 is 5.11 Å². The van der Waals surface area contributed by atoms with E-state index in [2.05, 4.69) is 10.3 Å². The van der Waals surface area contributed by atoms with Gasteiger partial charge in [-0.05, 0) is 19.1 Å². The highest BCUT2D eigenvalue weighted by Gasteiger charge is 2.16. The molecule has 84 valence electrons. The Labute approximate surface area is 90.5 Å². The minimum Gasteiger partial charge on any atom is -0.397 e. The van der Waals surface area contributed by atoms with E-state index in [0.29, 0.717) is 12.2 Å². The summed E-state index contributed by atoms with van der Waals surface area (Å²) in [5.74, 6) is 0.795.